The minimum absolute atomic E-state index is 0.0850. The summed E-state index contributed by atoms with van der Waals surface area (Å²) < 4.78 is 5.35. The lowest BCUT2D eigenvalue weighted by atomic mass is 10.1. The van der Waals surface area contributed by atoms with E-state index >= 15 is 0 Å². The number of aryl methyl sites for hydroxylation is 1. The third kappa shape index (κ3) is 3.76. The monoisotopic (exact) mass is 367 g/mol. The molecule has 140 valence electrons. The van der Waals surface area contributed by atoms with Crippen LogP contribution in [0, 0.1) is 12.8 Å². The summed E-state index contributed by atoms with van der Waals surface area (Å²) in [7, 11) is 1.54. The number of primary amides is 1. The van der Waals surface area contributed by atoms with E-state index in [1.165, 1.54) is 0 Å². The van der Waals surface area contributed by atoms with Crippen molar-refractivity contribution in [1.82, 2.24) is 0 Å². The fraction of sp³-hybridized carbons (Fsp3) is 0.250. The van der Waals surface area contributed by atoms with Crippen LogP contribution in [0.25, 0.3) is 0 Å². The first-order chi connectivity index (χ1) is 12.9. The lowest BCUT2D eigenvalue weighted by Crippen LogP contribution is -2.29. The molecule has 0 aliphatic carbocycles. The van der Waals surface area contributed by atoms with E-state index in [2.05, 4.69) is 5.32 Å². The van der Waals surface area contributed by atoms with Gasteiger partial charge in [-0.2, -0.15) is 0 Å². The van der Waals surface area contributed by atoms with Gasteiger partial charge in [-0.1, -0.05) is 18.2 Å². The van der Waals surface area contributed by atoms with Crippen LogP contribution in [0.4, 0.5) is 11.4 Å². The molecule has 3 amide bonds. The average molecular weight is 367 g/mol. The molecule has 0 bridgehead atoms. The van der Waals surface area contributed by atoms with Crippen molar-refractivity contribution in [3.63, 3.8) is 0 Å². The van der Waals surface area contributed by atoms with Crippen molar-refractivity contribution in [2.75, 3.05) is 23.9 Å². The number of nitrogens with zero attached hydrogens (tertiary/aromatic N) is 1. The number of hydrogen-bond donors (Lipinski definition) is 2. The predicted molar refractivity (Wildman–Crippen MR) is 102 cm³/mol. The molecule has 2 aromatic carbocycles. The van der Waals surface area contributed by atoms with Gasteiger partial charge in [-0.05, 0) is 36.8 Å². The lowest BCUT2D eigenvalue weighted by molar-refractivity contribution is -0.122. The summed E-state index contributed by atoms with van der Waals surface area (Å²) in [6, 6.07) is 12.1. The van der Waals surface area contributed by atoms with Crippen molar-refractivity contribution in [3.05, 3.63) is 53.6 Å². The number of carbonyl (C=O) groups is 3. The van der Waals surface area contributed by atoms with Gasteiger partial charge in [-0.3, -0.25) is 14.4 Å². The highest BCUT2D eigenvalue weighted by atomic mass is 16.5. The zero-order valence-electron chi connectivity index (χ0n) is 15.2. The van der Waals surface area contributed by atoms with Gasteiger partial charge in [0, 0.05) is 13.0 Å². The highest BCUT2D eigenvalue weighted by molar-refractivity contribution is 6.07. The van der Waals surface area contributed by atoms with Crippen molar-refractivity contribution < 1.29 is 19.1 Å². The topological polar surface area (TPSA) is 102 Å². The Balaban J connectivity index is 1.79. The highest BCUT2D eigenvalue weighted by Gasteiger charge is 2.36. The van der Waals surface area contributed by atoms with E-state index in [0.717, 1.165) is 5.56 Å². The van der Waals surface area contributed by atoms with Gasteiger partial charge < -0.3 is 20.7 Å². The highest BCUT2D eigenvalue weighted by Crippen LogP contribution is 2.34. The molecule has 27 heavy (non-hydrogen) atoms. The number of benzene rings is 2. The smallest absolute Gasteiger partial charge is 0.250 e. The van der Waals surface area contributed by atoms with Crippen LogP contribution in [0.1, 0.15) is 22.3 Å². The van der Waals surface area contributed by atoms with Gasteiger partial charge in [0.15, 0.2) is 0 Å². The molecule has 1 aliphatic heterocycles. The van der Waals surface area contributed by atoms with Crippen LogP contribution in [-0.4, -0.2) is 31.4 Å². The standard InChI is InChI=1S/C20H21N3O4/c1-12-7-8-17(27-2)16(9-12)23-11-13(10-18(23)24)20(26)22-15-6-4-3-5-14(15)19(21)25/h3-9,13H,10-11H2,1-2H3,(H2,21,25)(H,22,26). The Kier molecular flexibility index (Phi) is 5.12. The molecule has 3 rings (SSSR count). The molecule has 1 aliphatic rings. The van der Waals surface area contributed by atoms with Crippen LogP contribution in [0.3, 0.4) is 0 Å². The molecule has 7 nitrogen and oxygen atoms in total. The maximum Gasteiger partial charge on any atom is 0.250 e. The molecular weight excluding hydrogens is 346 g/mol. The van der Waals surface area contributed by atoms with E-state index in [9.17, 15) is 14.4 Å². The van der Waals surface area contributed by atoms with Gasteiger partial charge in [0.25, 0.3) is 5.91 Å². The fourth-order valence-electron chi connectivity index (χ4n) is 3.17. The maximum absolute atomic E-state index is 12.7. The van der Waals surface area contributed by atoms with E-state index in [1.807, 2.05) is 19.1 Å². The second-order valence-corrected chi connectivity index (χ2v) is 6.48. The molecule has 0 radical (unpaired) electrons. The SMILES string of the molecule is COc1ccc(C)cc1N1CC(C(=O)Nc2ccccc2C(N)=O)CC1=O. The van der Waals surface area contributed by atoms with Crippen LogP contribution in [-0.2, 0) is 9.59 Å². The van der Waals surface area contributed by atoms with Crippen LogP contribution < -0.4 is 20.7 Å². The van der Waals surface area contributed by atoms with Crippen LogP contribution in [0.5, 0.6) is 5.75 Å². The third-order valence-electron chi connectivity index (χ3n) is 4.57. The van der Waals surface area contributed by atoms with Gasteiger partial charge >= 0.3 is 0 Å². The van der Waals surface area contributed by atoms with E-state index in [0.29, 0.717) is 17.1 Å². The second kappa shape index (κ2) is 7.49. The molecule has 0 spiro atoms. The number of nitrogens with two attached hydrogens (primary N) is 1. The number of methoxy groups -OCH3 is 1. The van der Waals surface area contributed by atoms with E-state index in [-0.39, 0.29) is 30.3 Å². The maximum atomic E-state index is 12.7. The zero-order chi connectivity index (χ0) is 19.6. The van der Waals surface area contributed by atoms with Crippen molar-refractivity contribution >= 4 is 29.1 Å². The number of anilines is 2. The first-order valence-corrected chi connectivity index (χ1v) is 8.55. The van der Waals surface area contributed by atoms with Crippen LogP contribution >= 0.6 is 0 Å². The Hall–Kier alpha value is -3.35. The number of rotatable bonds is 5. The van der Waals surface area contributed by atoms with Gasteiger partial charge in [-0.15, -0.1) is 0 Å². The minimum Gasteiger partial charge on any atom is -0.495 e. The summed E-state index contributed by atoms with van der Waals surface area (Å²) in [5, 5.41) is 2.72. The first kappa shape index (κ1) is 18.4. The van der Waals surface area contributed by atoms with Gasteiger partial charge in [0.2, 0.25) is 11.8 Å². The van der Waals surface area contributed by atoms with E-state index < -0.39 is 11.8 Å². The van der Waals surface area contributed by atoms with Crippen molar-refractivity contribution in [2.45, 2.75) is 13.3 Å². The molecule has 1 unspecified atom stereocenters. The number of para-hydroxylation sites is 1. The van der Waals surface area contributed by atoms with Crippen molar-refractivity contribution in [2.24, 2.45) is 11.7 Å². The first-order valence-electron chi connectivity index (χ1n) is 8.55. The Bertz CT molecular complexity index is 910. The Labute approximate surface area is 157 Å². The molecule has 1 fully saturated rings. The van der Waals surface area contributed by atoms with Crippen molar-refractivity contribution in [1.29, 1.82) is 0 Å². The number of nitrogens with one attached hydrogen (secondary N) is 1. The molecule has 0 aromatic heterocycles. The summed E-state index contributed by atoms with van der Waals surface area (Å²) in [6.07, 6.45) is 0.0850. The second-order valence-electron chi connectivity index (χ2n) is 6.48. The zero-order valence-corrected chi connectivity index (χ0v) is 15.2. The lowest BCUT2D eigenvalue weighted by Gasteiger charge is -2.20. The molecule has 7 heteroatoms. The Morgan fingerprint density at radius 2 is 1.96 bits per heavy atom. The molecule has 1 heterocycles. The largest absolute Gasteiger partial charge is 0.495 e. The molecular formula is C20H21N3O4. The Morgan fingerprint density at radius 1 is 1.22 bits per heavy atom. The summed E-state index contributed by atoms with van der Waals surface area (Å²) in [4.78, 5) is 38.2. The molecule has 0 saturated carbocycles. The quantitative estimate of drug-likeness (QED) is 0.845. The summed E-state index contributed by atoms with van der Waals surface area (Å²) in [6.45, 7) is 2.16. The number of carbonyl (C=O) groups excluding carboxylic acids is 3. The van der Waals surface area contributed by atoms with Gasteiger partial charge in [0.1, 0.15) is 5.75 Å². The number of amides is 3. The molecule has 1 saturated heterocycles. The molecule has 2 aromatic rings. The summed E-state index contributed by atoms with van der Waals surface area (Å²) in [5.41, 5.74) is 7.55. The predicted octanol–water partition coefficient (Wildman–Crippen LogP) is 2.09. The van der Waals surface area contributed by atoms with Crippen molar-refractivity contribution in [3.8, 4) is 5.75 Å². The van der Waals surface area contributed by atoms with E-state index in [4.69, 9.17) is 10.5 Å². The van der Waals surface area contributed by atoms with Gasteiger partial charge in [0.05, 0.1) is 30.0 Å². The molecule has 1 atom stereocenters. The normalized spacial score (nSPS) is 16.3. The third-order valence-corrected chi connectivity index (χ3v) is 4.57. The number of ether oxygens (including phenoxy) is 1. The van der Waals surface area contributed by atoms with Crippen LogP contribution in [0.15, 0.2) is 42.5 Å². The fourth-order valence-corrected chi connectivity index (χ4v) is 3.17. The number of hydrogen-bond acceptors (Lipinski definition) is 4. The van der Waals surface area contributed by atoms with E-state index in [1.54, 1.807) is 42.3 Å². The summed E-state index contributed by atoms with van der Waals surface area (Å²) >= 11 is 0. The van der Waals surface area contributed by atoms with Crippen LogP contribution in [0.2, 0.25) is 0 Å². The van der Waals surface area contributed by atoms with Gasteiger partial charge in [-0.25, -0.2) is 0 Å². The average Bonchev–Trinajstić information content (AvgIpc) is 3.03. The minimum atomic E-state index is -0.625. The summed E-state index contributed by atoms with van der Waals surface area (Å²) in [5.74, 6) is -1.06. The Morgan fingerprint density at radius 3 is 2.67 bits per heavy atom. The molecule has 3 N–H and O–H groups in total.